The van der Waals surface area contributed by atoms with Crippen molar-refractivity contribution in [2.75, 3.05) is 19.8 Å². The van der Waals surface area contributed by atoms with Crippen LogP contribution < -0.4 is 0 Å². The van der Waals surface area contributed by atoms with E-state index in [-0.39, 0.29) is 12.0 Å². The maximum absolute atomic E-state index is 11.3. The minimum absolute atomic E-state index is 0.0769. The van der Waals surface area contributed by atoms with Crippen molar-refractivity contribution in [3.05, 3.63) is 0 Å². The highest BCUT2D eigenvalue weighted by molar-refractivity contribution is 5.71. The summed E-state index contributed by atoms with van der Waals surface area (Å²) in [6.07, 6.45) is 4.81. The van der Waals surface area contributed by atoms with E-state index in [1.165, 1.54) is 12.8 Å². The van der Waals surface area contributed by atoms with Gasteiger partial charge in [-0.2, -0.15) is 0 Å². The molecular formula is C14H25NO3. The highest BCUT2D eigenvalue weighted by atomic mass is 16.5. The van der Waals surface area contributed by atoms with Gasteiger partial charge in [0.15, 0.2) is 0 Å². The fourth-order valence-electron chi connectivity index (χ4n) is 3.26. The van der Waals surface area contributed by atoms with E-state index in [2.05, 4.69) is 18.7 Å². The van der Waals surface area contributed by atoms with Crippen LogP contribution in [0.1, 0.15) is 39.5 Å². The third kappa shape index (κ3) is 2.86. The Morgan fingerprint density at radius 3 is 2.61 bits per heavy atom. The number of carboxylic acid groups (broad SMARTS) is 1. The molecule has 4 nitrogen and oxygen atoms in total. The van der Waals surface area contributed by atoms with Crippen LogP contribution >= 0.6 is 0 Å². The molecule has 18 heavy (non-hydrogen) atoms. The Balaban J connectivity index is 2.09. The van der Waals surface area contributed by atoms with Crippen LogP contribution in [0, 0.1) is 11.8 Å². The van der Waals surface area contributed by atoms with Crippen LogP contribution in [0.4, 0.5) is 0 Å². The Morgan fingerprint density at radius 1 is 1.39 bits per heavy atom. The van der Waals surface area contributed by atoms with Crippen molar-refractivity contribution >= 4 is 5.97 Å². The van der Waals surface area contributed by atoms with Crippen LogP contribution in [0.2, 0.25) is 0 Å². The molecule has 0 bridgehead atoms. The topological polar surface area (TPSA) is 49.8 Å². The van der Waals surface area contributed by atoms with E-state index in [9.17, 15) is 9.90 Å². The van der Waals surface area contributed by atoms with E-state index in [0.717, 1.165) is 25.3 Å². The van der Waals surface area contributed by atoms with E-state index >= 15 is 0 Å². The predicted octanol–water partition coefficient (Wildman–Crippen LogP) is 1.99. The minimum Gasteiger partial charge on any atom is -0.481 e. The van der Waals surface area contributed by atoms with Gasteiger partial charge < -0.3 is 9.84 Å². The first kappa shape index (κ1) is 13.8. The molecular weight excluding hydrogens is 230 g/mol. The van der Waals surface area contributed by atoms with Crippen molar-refractivity contribution in [3.63, 3.8) is 0 Å². The van der Waals surface area contributed by atoms with E-state index < -0.39 is 5.97 Å². The standard InChI is InChI=1S/C14H25NO3/c1-3-7-15(12(4-2)10-5-6-10)13-9-18-8-11(13)14(16)17/h10-13H,3-9H2,1-2H3,(H,16,17). The largest absolute Gasteiger partial charge is 0.481 e. The Morgan fingerprint density at radius 2 is 2.11 bits per heavy atom. The quantitative estimate of drug-likeness (QED) is 0.756. The van der Waals surface area contributed by atoms with Crippen molar-refractivity contribution in [1.82, 2.24) is 4.90 Å². The maximum atomic E-state index is 11.3. The molecule has 0 radical (unpaired) electrons. The molecule has 0 spiro atoms. The molecule has 1 saturated carbocycles. The van der Waals surface area contributed by atoms with Gasteiger partial charge in [-0.3, -0.25) is 9.69 Å². The van der Waals surface area contributed by atoms with Crippen LogP contribution in [0.25, 0.3) is 0 Å². The number of aliphatic carboxylic acids is 1. The van der Waals surface area contributed by atoms with Crippen molar-refractivity contribution < 1.29 is 14.6 Å². The maximum Gasteiger partial charge on any atom is 0.310 e. The molecule has 0 aromatic heterocycles. The first-order valence-electron chi connectivity index (χ1n) is 7.25. The number of hydrogen-bond acceptors (Lipinski definition) is 3. The number of carboxylic acids is 1. The van der Waals surface area contributed by atoms with Crippen LogP contribution in [-0.4, -0.2) is 47.8 Å². The third-order valence-electron chi connectivity index (χ3n) is 4.29. The molecule has 0 aromatic carbocycles. The summed E-state index contributed by atoms with van der Waals surface area (Å²) in [7, 11) is 0. The second-order valence-electron chi connectivity index (χ2n) is 5.60. The van der Waals surface area contributed by atoms with Crippen molar-refractivity contribution in [3.8, 4) is 0 Å². The molecule has 1 N–H and O–H groups in total. The zero-order chi connectivity index (χ0) is 13.1. The van der Waals surface area contributed by atoms with Gasteiger partial charge in [-0.1, -0.05) is 13.8 Å². The fourth-order valence-corrected chi connectivity index (χ4v) is 3.26. The van der Waals surface area contributed by atoms with Crippen LogP contribution in [0.15, 0.2) is 0 Å². The molecule has 4 heteroatoms. The lowest BCUT2D eigenvalue weighted by molar-refractivity contribution is -0.143. The lowest BCUT2D eigenvalue weighted by Crippen LogP contribution is -2.49. The minimum atomic E-state index is -0.704. The molecule has 1 aliphatic heterocycles. The second-order valence-corrected chi connectivity index (χ2v) is 5.60. The van der Waals surface area contributed by atoms with Gasteiger partial charge in [-0.15, -0.1) is 0 Å². The van der Waals surface area contributed by atoms with Gasteiger partial charge >= 0.3 is 5.97 Å². The molecule has 1 saturated heterocycles. The smallest absolute Gasteiger partial charge is 0.310 e. The first-order chi connectivity index (χ1) is 8.69. The van der Waals surface area contributed by atoms with Gasteiger partial charge in [0.2, 0.25) is 0 Å². The summed E-state index contributed by atoms with van der Waals surface area (Å²) in [4.78, 5) is 13.7. The van der Waals surface area contributed by atoms with Crippen LogP contribution in [0.5, 0.6) is 0 Å². The normalized spacial score (nSPS) is 29.7. The Labute approximate surface area is 109 Å². The summed E-state index contributed by atoms with van der Waals surface area (Å²) >= 11 is 0. The van der Waals surface area contributed by atoms with Crippen molar-refractivity contribution in [2.24, 2.45) is 11.8 Å². The van der Waals surface area contributed by atoms with Crippen LogP contribution in [0.3, 0.4) is 0 Å². The average Bonchev–Trinajstić information content (AvgIpc) is 3.05. The predicted molar refractivity (Wildman–Crippen MR) is 69.5 cm³/mol. The molecule has 104 valence electrons. The van der Waals surface area contributed by atoms with Gasteiger partial charge in [0.05, 0.1) is 19.1 Å². The Hall–Kier alpha value is -0.610. The fraction of sp³-hybridized carbons (Fsp3) is 0.929. The first-order valence-corrected chi connectivity index (χ1v) is 7.25. The summed E-state index contributed by atoms with van der Waals surface area (Å²) in [5.74, 6) is -0.259. The number of hydrogen-bond donors (Lipinski definition) is 1. The molecule has 3 unspecified atom stereocenters. The molecule has 3 atom stereocenters. The number of ether oxygens (including phenoxy) is 1. The van der Waals surface area contributed by atoms with E-state index in [1.807, 2.05) is 0 Å². The molecule has 0 aromatic rings. The SMILES string of the molecule is CCCN(C(CC)C1CC1)C1COCC1C(=O)O. The summed E-state index contributed by atoms with van der Waals surface area (Å²) in [5.41, 5.74) is 0. The molecule has 2 fully saturated rings. The zero-order valence-corrected chi connectivity index (χ0v) is 11.5. The van der Waals surface area contributed by atoms with Gasteiger partial charge in [-0.05, 0) is 38.1 Å². The number of nitrogens with zero attached hydrogens (tertiary/aromatic N) is 1. The van der Waals surface area contributed by atoms with Gasteiger partial charge in [-0.25, -0.2) is 0 Å². The van der Waals surface area contributed by atoms with Crippen LogP contribution in [-0.2, 0) is 9.53 Å². The summed E-state index contributed by atoms with van der Waals surface area (Å²) < 4.78 is 5.43. The number of carbonyl (C=O) groups is 1. The lowest BCUT2D eigenvalue weighted by atomic mass is 9.97. The summed E-state index contributed by atoms with van der Waals surface area (Å²) in [5, 5.41) is 9.30. The number of rotatable bonds is 7. The monoisotopic (exact) mass is 255 g/mol. The highest BCUT2D eigenvalue weighted by Crippen LogP contribution is 2.39. The lowest BCUT2D eigenvalue weighted by Gasteiger charge is -2.37. The van der Waals surface area contributed by atoms with Crippen molar-refractivity contribution in [2.45, 2.75) is 51.6 Å². The average molecular weight is 255 g/mol. The highest BCUT2D eigenvalue weighted by Gasteiger charge is 2.43. The molecule has 2 aliphatic rings. The van der Waals surface area contributed by atoms with E-state index in [4.69, 9.17) is 4.74 Å². The zero-order valence-electron chi connectivity index (χ0n) is 11.5. The molecule has 1 aliphatic carbocycles. The second kappa shape index (κ2) is 6.02. The Kier molecular flexibility index (Phi) is 4.62. The molecule has 2 rings (SSSR count). The van der Waals surface area contributed by atoms with Crippen molar-refractivity contribution in [1.29, 1.82) is 0 Å². The van der Waals surface area contributed by atoms with E-state index in [0.29, 0.717) is 19.3 Å². The summed E-state index contributed by atoms with van der Waals surface area (Å²) in [6.45, 7) is 6.34. The van der Waals surface area contributed by atoms with E-state index in [1.54, 1.807) is 0 Å². The van der Waals surface area contributed by atoms with Gasteiger partial charge in [0.25, 0.3) is 0 Å². The van der Waals surface area contributed by atoms with Gasteiger partial charge in [0.1, 0.15) is 0 Å². The van der Waals surface area contributed by atoms with Gasteiger partial charge in [0, 0.05) is 12.1 Å². The molecule has 0 amide bonds. The Bertz CT molecular complexity index is 291. The third-order valence-corrected chi connectivity index (χ3v) is 4.29. The molecule has 1 heterocycles. The summed E-state index contributed by atoms with van der Waals surface area (Å²) in [6, 6.07) is 0.631.